The SMILES string of the molecule is CCc1c(-c2ccc(-c3ccccc3)cc2)cc(OC)c2cc(/C=C/c3ccc4c(CC)c(-c5ccc6ccccc6c5)cc(OC)c4c3)ccc12. The van der Waals surface area contributed by atoms with E-state index in [9.17, 15) is 0 Å². The Hall–Kier alpha value is -6.12. The number of benzene rings is 8. The number of methoxy groups -OCH3 is 2. The van der Waals surface area contributed by atoms with Crippen LogP contribution in [0.25, 0.3) is 77.9 Å². The summed E-state index contributed by atoms with van der Waals surface area (Å²) >= 11 is 0. The zero-order chi connectivity index (χ0) is 35.6. The third-order valence-electron chi connectivity index (χ3n) is 10.4. The molecule has 2 nitrogen and oxygen atoms in total. The largest absolute Gasteiger partial charge is 0.496 e. The van der Waals surface area contributed by atoms with E-state index in [4.69, 9.17) is 9.47 Å². The molecule has 2 heteroatoms. The molecule has 0 fully saturated rings. The van der Waals surface area contributed by atoms with Crippen LogP contribution in [0.5, 0.6) is 11.5 Å². The van der Waals surface area contributed by atoms with E-state index in [2.05, 4.69) is 172 Å². The van der Waals surface area contributed by atoms with Gasteiger partial charge in [0.2, 0.25) is 0 Å². The van der Waals surface area contributed by atoms with Crippen molar-refractivity contribution in [3.63, 3.8) is 0 Å². The molecular weight excluding hydrogens is 633 g/mol. The molecule has 0 amide bonds. The van der Waals surface area contributed by atoms with E-state index in [1.165, 1.54) is 66.1 Å². The van der Waals surface area contributed by atoms with Crippen molar-refractivity contribution >= 4 is 44.5 Å². The number of hydrogen-bond acceptors (Lipinski definition) is 2. The molecule has 0 aromatic heterocycles. The highest BCUT2D eigenvalue weighted by Crippen LogP contribution is 2.40. The monoisotopic (exact) mass is 674 g/mol. The highest BCUT2D eigenvalue weighted by Gasteiger charge is 2.16. The van der Waals surface area contributed by atoms with Crippen LogP contribution in [0.3, 0.4) is 0 Å². The lowest BCUT2D eigenvalue weighted by Gasteiger charge is -2.17. The zero-order valence-corrected chi connectivity index (χ0v) is 30.2. The average Bonchev–Trinajstić information content (AvgIpc) is 3.21. The van der Waals surface area contributed by atoms with Gasteiger partial charge in [0, 0.05) is 10.8 Å². The average molecular weight is 675 g/mol. The van der Waals surface area contributed by atoms with Gasteiger partial charge in [-0.05, 0) is 120 Å². The topological polar surface area (TPSA) is 18.5 Å². The minimum Gasteiger partial charge on any atom is -0.496 e. The summed E-state index contributed by atoms with van der Waals surface area (Å²) in [5, 5.41) is 7.20. The van der Waals surface area contributed by atoms with Crippen LogP contribution in [0.2, 0.25) is 0 Å². The molecule has 254 valence electrons. The van der Waals surface area contributed by atoms with Crippen LogP contribution in [0.1, 0.15) is 36.1 Å². The smallest absolute Gasteiger partial charge is 0.127 e. The Morgan fingerprint density at radius 1 is 0.404 bits per heavy atom. The Morgan fingerprint density at radius 3 is 1.44 bits per heavy atom. The first kappa shape index (κ1) is 33.0. The van der Waals surface area contributed by atoms with Gasteiger partial charge in [-0.25, -0.2) is 0 Å². The lowest BCUT2D eigenvalue weighted by molar-refractivity contribution is 0.420. The van der Waals surface area contributed by atoms with Crippen molar-refractivity contribution in [2.75, 3.05) is 14.2 Å². The van der Waals surface area contributed by atoms with Gasteiger partial charge in [-0.15, -0.1) is 0 Å². The molecule has 8 aromatic carbocycles. The lowest BCUT2D eigenvalue weighted by atomic mass is 9.90. The van der Waals surface area contributed by atoms with Crippen molar-refractivity contribution in [3.05, 3.63) is 168 Å². The van der Waals surface area contributed by atoms with Crippen LogP contribution in [0.4, 0.5) is 0 Å². The van der Waals surface area contributed by atoms with Crippen LogP contribution in [0, 0.1) is 0 Å². The highest BCUT2D eigenvalue weighted by atomic mass is 16.5. The van der Waals surface area contributed by atoms with E-state index >= 15 is 0 Å². The number of hydrogen-bond donors (Lipinski definition) is 0. The van der Waals surface area contributed by atoms with Crippen molar-refractivity contribution in [1.82, 2.24) is 0 Å². The van der Waals surface area contributed by atoms with Gasteiger partial charge in [0.05, 0.1) is 14.2 Å². The van der Waals surface area contributed by atoms with E-state index in [-0.39, 0.29) is 0 Å². The van der Waals surface area contributed by atoms with Crippen LogP contribution in [-0.4, -0.2) is 14.2 Å². The number of aryl methyl sites for hydroxylation is 2. The molecule has 0 heterocycles. The first-order valence-corrected chi connectivity index (χ1v) is 18.2. The van der Waals surface area contributed by atoms with E-state index in [1.807, 2.05) is 0 Å². The molecule has 0 N–H and O–H groups in total. The van der Waals surface area contributed by atoms with E-state index in [0.717, 1.165) is 46.2 Å². The number of fused-ring (bicyclic) bond motifs is 3. The van der Waals surface area contributed by atoms with Gasteiger partial charge in [0.15, 0.2) is 0 Å². The fourth-order valence-corrected chi connectivity index (χ4v) is 7.78. The van der Waals surface area contributed by atoms with Gasteiger partial charge in [-0.1, -0.05) is 141 Å². The molecule has 0 atom stereocenters. The summed E-state index contributed by atoms with van der Waals surface area (Å²) in [6.45, 7) is 4.47. The zero-order valence-electron chi connectivity index (χ0n) is 30.2. The summed E-state index contributed by atoms with van der Waals surface area (Å²) in [5.74, 6) is 1.77. The predicted octanol–water partition coefficient (Wildman–Crippen LogP) is 13.5. The second-order valence-electron chi connectivity index (χ2n) is 13.4. The van der Waals surface area contributed by atoms with Gasteiger partial charge in [0.25, 0.3) is 0 Å². The van der Waals surface area contributed by atoms with Crippen molar-refractivity contribution in [2.24, 2.45) is 0 Å². The molecule has 0 radical (unpaired) electrons. The molecule has 0 aliphatic heterocycles. The van der Waals surface area contributed by atoms with Crippen LogP contribution >= 0.6 is 0 Å². The second kappa shape index (κ2) is 14.2. The molecular formula is C50H42O2. The summed E-state index contributed by atoms with van der Waals surface area (Å²) in [5.41, 5.74) is 12.2. The van der Waals surface area contributed by atoms with E-state index < -0.39 is 0 Å². The Labute approximate surface area is 306 Å². The normalized spacial score (nSPS) is 11.5. The number of rotatable bonds is 9. The molecule has 8 rings (SSSR count). The van der Waals surface area contributed by atoms with Crippen molar-refractivity contribution < 1.29 is 9.47 Å². The van der Waals surface area contributed by atoms with Crippen molar-refractivity contribution in [2.45, 2.75) is 26.7 Å². The van der Waals surface area contributed by atoms with E-state index in [0.29, 0.717) is 0 Å². The summed E-state index contributed by atoms with van der Waals surface area (Å²) in [6.07, 6.45) is 6.24. The standard InChI is InChI=1S/C50H42O2/c1-5-41-43-26-18-33(28-47(43)49(51-3)31-45(41)38-23-20-37(21-24-38)35-12-8-7-9-13-35)16-17-34-19-27-44-42(6-2)46(32-50(52-4)48(44)29-34)40-25-22-36-14-10-11-15-39(36)30-40/h7-32H,5-6H2,1-4H3/b17-16+. The van der Waals surface area contributed by atoms with Gasteiger partial charge >= 0.3 is 0 Å². The van der Waals surface area contributed by atoms with Crippen LogP contribution in [0.15, 0.2) is 146 Å². The van der Waals surface area contributed by atoms with E-state index in [1.54, 1.807) is 14.2 Å². The molecule has 0 unspecified atom stereocenters. The van der Waals surface area contributed by atoms with Gasteiger partial charge in [-0.2, -0.15) is 0 Å². The third kappa shape index (κ3) is 6.11. The molecule has 52 heavy (non-hydrogen) atoms. The predicted molar refractivity (Wildman–Crippen MR) is 222 cm³/mol. The molecule has 8 aromatic rings. The fraction of sp³-hybridized carbons (Fsp3) is 0.120. The summed E-state index contributed by atoms with van der Waals surface area (Å²) in [6, 6.07) is 52.5. The third-order valence-corrected chi connectivity index (χ3v) is 10.4. The van der Waals surface area contributed by atoms with Crippen molar-refractivity contribution in [3.8, 4) is 44.9 Å². The Bertz CT molecular complexity index is 2590. The molecule has 0 bridgehead atoms. The summed E-state index contributed by atoms with van der Waals surface area (Å²) in [7, 11) is 3.54. The van der Waals surface area contributed by atoms with Crippen LogP contribution < -0.4 is 9.47 Å². The van der Waals surface area contributed by atoms with Gasteiger partial charge in [-0.3, -0.25) is 0 Å². The maximum absolute atomic E-state index is 6.02. The maximum atomic E-state index is 6.02. The number of ether oxygens (including phenoxy) is 2. The molecule has 0 saturated heterocycles. The van der Waals surface area contributed by atoms with Gasteiger partial charge in [0.1, 0.15) is 11.5 Å². The summed E-state index contributed by atoms with van der Waals surface area (Å²) < 4.78 is 12.0. The highest BCUT2D eigenvalue weighted by molar-refractivity contribution is 6.00. The molecule has 0 aliphatic carbocycles. The molecule has 0 spiro atoms. The fourth-order valence-electron chi connectivity index (χ4n) is 7.78. The van der Waals surface area contributed by atoms with Gasteiger partial charge < -0.3 is 9.47 Å². The first-order chi connectivity index (χ1) is 25.6. The minimum atomic E-state index is 0.884. The first-order valence-electron chi connectivity index (χ1n) is 18.2. The molecule has 0 saturated carbocycles. The Kier molecular flexibility index (Phi) is 9.05. The Morgan fingerprint density at radius 2 is 0.885 bits per heavy atom. The summed E-state index contributed by atoms with van der Waals surface area (Å²) in [4.78, 5) is 0. The van der Waals surface area contributed by atoms with Crippen molar-refractivity contribution in [1.29, 1.82) is 0 Å². The lowest BCUT2D eigenvalue weighted by Crippen LogP contribution is -1.95. The molecule has 0 aliphatic rings. The minimum absolute atomic E-state index is 0.884. The maximum Gasteiger partial charge on any atom is 0.127 e. The second-order valence-corrected chi connectivity index (χ2v) is 13.4. The quantitative estimate of drug-likeness (QED) is 0.142. The van der Waals surface area contributed by atoms with Crippen LogP contribution in [-0.2, 0) is 12.8 Å². The Balaban J connectivity index is 1.13.